The molecule has 1 aromatic heterocycles. The summed E-state index contributed by atoms with van der Waals surface area (Å²) in [4.78, 5) is 36.1. The fourth-order valence-corrected chi connectivity index (χ4v) is 4.52. The molecule has 0 atom stereocenters. The molecule has 1 aliphatic rings. The number of ether oxygens (including phenoxy) is 2. The summed E-state index contributed by atoms with van der Waals surface area (Å²) in [6, 6.07) is 14.1. The molecule has 0 bridgehead atoms. The summed E-state index contributed by atoms with van der Waals surface area (Å²) in [5.74, 6) is 0.965. The van der Waals surface area contributed by atoms with E-state index in [1.807, 2.05) is 19.1 Å². The van der Waals surface area contributed by atoms with Gasteiger partial charge >= 0.3 is 5.97 Å². The minimum Gasteiger partial charge on any atom is -0.465 e. The summed E-state index contributed by atoms with van der Waals surface area (Å²) in [6.45, 7) is 7.16. The Balaban J connectivity index is 1.39. The van der Waals surface area contributed by atoms with E-state index >= 15 is 0 Å². The van der Waals surface area contributed by atoms with Crippen molar-refractivity contribution in [2.24, 2.45) is 0 Å². The van der Waals surface area contributed by atoms with Crippen LogP contribution in [0.15, 0.2) is 53.7 Å². The van der Waals surface area contributed by atoms with E-state index in [-0.39, 0.29) is 5.91 Å². The smallest absolute Gasteiger partial charge is 0.337 e. The quantitative estimate of drug-likeness (QED) is 0.297. The highest BCUT2D eigenvalue weighted by Gasteiger charge is 2.18. The minimum atomic E-state index is -0.451. The summed E-state index contributed by atoms with van der Waals surface area (Å²) in [5, 5.41) is 3.56. The van der Waals surface area contributed by atoms with E-state index < -0.39 is 5.97 Å². The van der Waals surface area contributed by atoms with Crippen LogP contribution in [-0.4, -0.2) is 55.3 Å². The molecule has 0 radical (unpaired) electrons. The maximum absolute atomic E-state index is 12.6. The number of aromatic nitrogens is 2. The second-order valence-electron chi connectivity index (χ2n) is 8.15. The summed E-state index contributed by atoms with van der Waals surface area (Å²) in [7, 11) is 1.32. The zero-order valence-electron chi connectivity index (χ0n) is 20.0. The number of nitrogens with zero attached hydrogens (tertiary/aromatic N) is 3. The summed E-state index contributed by atoms with van der Waals surface area (Å²) >= 11 is 1.57. The van der Waals surface area contributed by atoms with Gasteiger partial charge in [-0.05, 0) is 49.7 Å². The molecule has 1 aliphatic heterocycles. The SMILES string of the molecule is COC(=O)c1cccc(NC(=O)c2ccc(CSc3nc(C)c(C)c(N4CCOCC4)n3)cc2)c1. The molecule has 0 aliphatic carbocycles. The van der Waals surface area contributed by atoms with Gasteiger partial charge in [0, 0.05) is 41.4 Å². The van der Waals surface area contributed by atoms with Crippen LogP contribution in [0.2, 0.25) is 0 Å². The predicted molar refractivity (Wildman–Crippen MR) is 136 cm³/mol. The maximum atomic E-state index is 12.6. The number of rotatable bonds is 7. The second kappa shape index (κ2) is 11.3. The molecule has 1 saturated heterocycles. The number of esters is 1. The van der Waals surface area contributed by atoms with Crippen molar-refractivity contribution in [1.82, 2.24) is 9.97 Å². The summed E-state index contributed by atoms with van der Waals surface area (Å²) < 4.78 is 10.2. The third-order valence-electron chi connectivity index (χ3n) is 5.78. The molecule has 9 heteroatoms. The molecular weight excluding hydrogens is 464 g/mol. The highest BCUT2D eigenvalue weighted by Crippen LogP contribution is 2.27. The molecule has 0 spiro atoms. The number of carbonyl (C=O) groups is 2. The number of methoxy groups -OCH3 is 1. The van der Waals surface area contributed by atoms with Crippen LogP contribution < -0.4 is 10.2 Å². The van der Waals surface area contributed by atoms with Gasteiger partial charge in [-0.1, -0.05) is 30.0 Å². The molecule has 1 fully saturated rings. The predicted octanol–water partition coefficient (Wildman–Crippen LogP) is 4.26. The first-order valence-corrected chi connectivity index (χ1v) is 12.3. The van der Waals surface area contributed by atoms with Crippen molar-refractivity contribution in [1.29, 1.82) is 0 Å². The van der Waals surface area contributed by atoms with Crippen molar-refractivity contribution < 1.29 is 19.1 Å². The Morgan fingerprint density at radius 2 is 1.80 bits per heavy atom. The van der Waals surface area contributed by atoms with Crippen LogP contribution >= 0.6 is 11.8 Å². The number of anilines is 2. The number of aryl methyl sites for hydroxylation is 1. The molecule has 1 N–H and O–H groups in total. The van der Waals surface area contributed by atoms with Crippen LogP contribution in [0, 0.1) is 13.8 Å². The Hall–Kier alpha value is -3.43. The summed E-state index contributed by atoms with van der Waals surface area (Å²) in [6.07, 6.45) is 0. The molecule has 35 heavy (non-hydrogen) atoms. The Labute approximate surface area is 209 Å². The average molecular weight is 493 g/mol. The van der Waals surface area contributed by atoms with E-state index in [4.69, 9.17) is 14.5 Å². The molecule has 0 saturated carbocycles. The zero-order valence-corrected chi connectivity index (χ0v) is 20.9. The van der Waals surface area contributed by atoms with Gasteiger partial charge in [-0.25, -0.2) is 14.8 Å². The van der Waals surface area contributed by atoms with Gasteiger partial charge in [0.25, 0.3) is 5.91 Å². The number of benzene rings is 2. The number of amides is 1. The van der Waals surface area contributed by atoms with Crippen LogP contribution in [0.5, 0.6) is 0 Å². The fourth-order valence-electron chi connectivity index (χ4n) is 3.68. The number of hydrogen-bond acceptors (Lipinski definition) is 8. The van der Waals surface area contributed by atoms with Crippen LogP contribution in [0.4, 0.5) is 11.5 Å². The van der Waals surface area contributed by atoms with E-state index in [0.29, 0.717) is 35.8 Å². The lowest BCUT2D eigenvalue weighted by Gasteiger charge is -2.29. The molecule has 0 unspecified atom stereocenters. The fraction of sp³-hybridized carbons (Fsp3) is 0.308. The number of hydrogen-bond donors (Lipinski definition) is 1. The van der Waals surface area contributed by atoms with Crippen LogP contribution in [0.1, 0.15) is 37.5 Å². The molecule has 3 aromatic rings. The van der Waals surface area contributed by atoms with E-state index in [9.17, 15) is 9.59 Å². The Bertz CT molecular complexity index is 1210. The first-order chi connectivity index (χ1) is 16.9. The van der Waals surface area contributed by atoms with Crippen LogP contribution in [0.25, 0.3) is 0 Å². The van der Waals surface area contributed by atoms with Gasteiger partial charge in [0.05, 0.1) is 25.9 Å². The van der Waals surface area contributed by atoms with Crippen LogP contribution in [-0.2, 0) is 15.2 Å². The monoisotopic (exact) mass is 492 g/mol. The van der Waals surface area contributed by atoms with Crippen molar-refractivity contribution >= 4 is 35.1 Å². The Morgan fingerprint density at radius 3 is 2.51 bits per heavy atom. The molecule has 2 aromatic carbocycles. The first-order valence-electron chi connectivity index (χ1n) is 11.3. The maximum Gasteiger partial charge on any atom is 0.337 e. The molecule has 182 valence electrons. The second-order valence-corrected chi connectivity index (χ2v) is 9.09. The third-order valence-corrected chi connectivity index (χ3v) is 6.70. The van der Waals surface area contributed by atoms with Crippen molar-refractivity contribution in [3.63, 3.8) is 0 Å². The number of morpholine rings is 1. The molecule has 2 heterocycles. The van der Waals surface area contributed by atoms with Crippen molar-refractivity contribution in [2.45, 2.75) is 24.8 Å². The third kappa shape index (κ3) is 6.17. The van der Waals surface area contributed by atoms with Crippen molar-refractivity contribution in [3.8, 4) is 0 Å². The van der Waals surface area contributed by atoms with Gasteiger partial charge in [-0.15, -0.1) is 0 Å². The van der Waals surface area contributed by atoms with Gasteiger partial charge in [0.1, 0.15) is 5.82 Å². The van der Waals surface area contributed by atoms with Gasteiger partial charge in [-0.2, -0.15) is 0 Å². The van der Waals surface area contributed by atoms with E-state index in [0.717, 1.165) is 40.9 Å². The topological polar surface area (TPSA) is 93.6 Å². The van der Waals surface area contributed by atoms with Gasteiger partial charge in [-0.3, -0.25) is 4.79 Å². The van der Waals surface area contributed by atoms with Crippen molar-refractivity contribution in [3.05, 3.63) is 76.5 Å². The molecule has 8 nitrogen and oxygen atoms in total. The molecule has 4 rings (SSSR count). The van der Waals surface area contributed by atoms with E-state index in [1.165, 1.54) is 7.11 Å². The minimum absolute atomic E-state index is 0.251. The Kier molecular flexibility index (Phi) is 7.99. The average Bonchev–Trinajstić information content (AvgIpc) is 2.89. The number of thioether (sulfide) groups is 1. The van der Waals surface area contributed by atoms with Gasteiger partial charge < -0.3 is 19.7 Å². The lowest BCUT2D eigenvalue weighted by molar-refractivity contribution is 0.0600. The highest BCUT2D eigenvalue weighted by atomic mass is 32.2. The number of nitrogens with one attached hydrogen (secondary N) is 1. The van der Waals surface area contributed by atoms with Gasteiger partial charge in [0.2, 0.25) is 0 Å². The molecular formula is C26H28N4O4S. The normalized spacial score (nSPS) is 13.4. The Morgan fingerprint density at radius 1 is 1.06 bits per heavy atom. The van der Waals surface area contributed by atoms with Crippen LogP contribution in [0.3, 0.4) is 0 Å². The van der Waals surface area contributed by atoms with E-state index in [1.54, 1.807) is 48.2 Å². The van der Waals surface area contributed by atoms with E-state index in [2.05, 4.69) is 22.1 Å². The lowest BCUT2D eigenvalue weighted by Crippen LogP contribution is -2.37. The number of carbonyl (C=O) groups excluding carboxylic acids is 2. The molecule has 1 amide bonds. The lowest BCUT2D eigenvalue weighted by atomic mass is 10.1. The standard InChI is InChI=1S/C26H28N4O4S/c1-17-18(2)27-26(29-23(17)30-11-13-34-14-12-30)35-16-19-7-9-20(10-8-19)24(31)28-22-6-4-5-21(15-22)25(32)33-3/h4-10,15H,11-14,16H2,1-3H3,(H,28,31). The van der Waals surface area contributed by atoms with Crippen molar-refractivity contribution in [2.75, 3.05) is 43.6 Å². The largest absolute Gasteiger partial charge is 0.465 e. The first kappa shape index (κ1) is 24.7. The van der Waals surface area contributed by atoms with Gasteiger partial charge in [0.15, 0.2) is 5.16 Å². The highest BCUT2D eigenvalue weighted by molar-refractivity contribution is 7.98. The zero-order chi connectivity index (χ0) is 24.8. The summed E-state index contributed by atoms with van der Waals surface area (Å²) in [5.41, 5.74) is 4.58.